The van der Waals surface area contributed by atoms with E-state index >= 15 is 0 Å². The van der Waals surface area contributed by atoms with Crippen molar-refractivity contribution in [3.63, 3.8) is 0 Å². The molecule has 3 N–H and O–H groups in total. The van der Waals surface area contributed by atoms with E-state index in [2.05, 4.69) is 15.3 Å². The van der Waals surface area contributed by atoms with Crippen molar-refractivity contribution in [1.82, 2.24) is 9.97 Å². The quantitative estimate of drug-likeness (QED) is 0.853. The first-order valence-electron chi connectivity index (χ1n) is 5.45. The van der Waals surface area contributed by atoms with Gasteiger partial charge in [-0.15, -0.1) is 0 Å². The minimum Gasteiger partial charge on any atom is -0.394 e. The minimum absolute atomic E-state index is 0.0733. The Morgan fingerprint density at radius 2 is 2.05 bits per heavy atom. The SMILES string of the molecule is Cc1nc(Cl)nc(NCc2ccc(F)c(Cl)c2)c1N. The first kappa shape index (κ1) is 13.8. The zero-order valence-electron chi connectivity index (χ0n) is 10.0. The number of rotatable bonds is 3. The lowest BCUT2D eigenvalue weighted by molar-refractivity contribution is 0.627. The van der Waals surface area contributed by atoms with Crippen LogP contribution < -0.4 is 11.1 Å². The Labute approximate surface area is 119 Å². The molecule has 0 aliphatic carbocycles. The summed E-state index contributed by atoms with van der Waals surface area (Å²) in [5.74, 6) is -0.0104. The summed E-state index contributed by atoms with van der Waals surface area (Å²) in [5.41, 5.74) is 7.67. The molecule has 100 valence electrons. The monoisotopic (exact) mass is 300 g/mol. The fraction of sp³-hybridized carbons (Fsp3) is 0.167. The molecule has 0 spiro atoms. The van der Waals surface area contributed by atoms with Gasteiger partial charge in [-0.3, -0.25) is 0 Å². The van der Waals surface area contributed by atoms with Gasteiger partial charge >= 0.3 is 0 Å². The van der Waals surface area contributed by atoms with Crippen molar-refractivity contribution in [2.24, 2.45) is 0 Å². The van der Waals surface area contributed by atoms with Crippen molar-refractivity contribution >= 4 is 34.7 Å². The zero-order chi connectivity index (χ0) is 14.0. The fourth-order valence-corrected chi connectivity index (χ4v) is 1.93. The number of nitrogens with one attached hydrogen (secondary N) is 1. The van der Waals surface area contributed by atoms with E-state index in [4.69, 9.17) is 28.9 Å². The number of benzene rings is 1. The molecule has 0 saturated carbocycles. The lowest BCUT2D eigenvalue weighted by atomic mass is 10.2. The van der Waals surface area contributed by atoms with Crippen LogP contribution in [-0.2, 0) is 6.54 Å². The molecule has 1 heterocycles. The van der Waals surface area contributed by atoms with Crippen molar-refractivity contribution in [2.45, 2.75) is 13.5 Å². The predicted octanol–water partition coefficient (Wildman–Crippen LogP) is 3.43. The Morgan fingerprint density at radius 3 is 2.74 bits per heavy atom. The summed E-state index contributed by atoms with van der Waals surface area (Å²) in [6.45, 7) is 2.14. The van der Waals surface area contributed by atoms with E-state index in [9.17, 15) is 4.39 Å². The predicted molar refractivity (Wildman–Crippen MR) is 74.9 cm³/mol. The van der Waals surface area contributed by atoms with E-state index in [-0.39, 0.29) is 10.3 Å². The summed E-state index contributed by atoms with van der Waals surface area (Å²) in [5, 5.41) is 3.21. The third kappa shape index (κ3) is 3.24. The summed E-state index contributed by atoms with van der Waals surface area (Å²) < 4.78 is 13.0. The second-order valence-electron chi connectivity index (χ2n) is 3.94. The van der Waals surface area contributed by atoms with Crippen LogP contribution in [0.5, 0.6) is 0 Å². The van der Waals surface area contributed by atoms with Gasteiger partial charge in [0.1, 0.15) is 5.82 Å². The summed E-state index contributed by atoms with van der Waals surface area (Å²) in [6.07, 6.45) is 0. The third-order valence-electron chi connectivity index (χ3n) is 2.55. The van der Waals surface area contributed by atoms with Crippen LogP contribution in [0.2, 0.25) is 10.3 Å². The molecule has 0 atom stereocenters. The Morgan fingerprint density at radius 1 is 1.32 bits per heavy atom. The number of nitrogens with two attached hydrogens (primary N) is 1. The van der Waals surface area contributed by atoms with E-state index in [0.29, 0.717) is 23.7 Å². The Hall–Kier alpha value is -1.59. The molecule has 2 rings (SSSR count). The fourth-order valence-electron chi connectivity index (χ4n) is 1.52. The number of nitrogens with zero attached hydrogens (tertiary/aromatic N) is 2. The van der Waals surface area contributed by atoms with Crippen LogP contribution in [0.25, 0.3) is 0 Å². The average Bonchev–Trinajstić information content (AvgIpc) is 2.36. The van der Waals surface area contributed by atoms with E-state index in [1.54, 1.807) is 13.0 Å². The number of hydrogen-bond donors (Lipinski definition) is 2. The molecule has 0 bridgehead atoms. The first-order valence-corrected chi connectivity index (χ1v) is 6.20. The van der Waals surface area contributed by atoms with Crippen molar-refractivity contribution in [1.29, 1.82) is 0 Å². The lowest BCUT2D eigenvalue weighted by Gasteiger charge is -2.10. The second-order valence-corrected chi connectivity index (χ2v) is 4.69. The summed E-state index contributed by atoms with van der Waals surface area (Å²) in [7, 11) is 0. The van der Waals surface area contributed by atoms with Crippen molar-refractivity contribution in [3.05, 3.63) is 45.6 Å². The van der Waals surface area contributed by atoms with Gasteiger partial charge in [-0.2, -0.15) is 4.98 Å². The van der Waals surface area contributed by atoms with Gasteiger partial charge in [-0.1, -0.05) is 17.7 Å². The smallest absolute Gasteiger partial charge is 0.224 e. The maximum absolute atomic E-state index is 13.0. The number of halogens is 3. The molecule has 0 saturated heterocycles. The normalized spacial score (nSPS) is 10.5. The van der Waals surface area contributed by atoms with Crippen LogP contribution in [0.15, 0.2) is 18.2 Å². The molecule has 19 heavy (non-hydrogen) atoms. The minimum atomic E-state index is -0.453. The topological polar surface area (TPSA) is 63.8 Å². The van der Waals surface area contributed by atoms with Gasteiger partial charge in [-0.25, -0.2) is 9.37 Å². The Bertz CT molecular complexity index is 619. The van der Waals surface area contributed by atoms with Gasteiger partial charge in [0.2, 0.25) is 5.28 Å². The second kappa shape index (κ2) is 5.59. The van der Waals surface area contributed by atoms with Crippen LogP contribution in [-0.4, -0.2) is 9.97 Å². The van der Waals surface area contributed by atoms with Gasteiger partial charge < -0.3 is 11.1 Å². The van der Waals surface area contributed by atoms with Crippen LogP contribution in [0.4, 0.5) is 15.9 Å². The largest absolute Gasteiger partial charge is 0.394 e. The highest BCUT2D eigenvalue weighted by Gasteiger charge is 2.08. The zero-order valence-corrected chi connectivity index (χ0v) is 11.6. The van der Waals surface area contributed by atoms with Crippen LogP contribution >= 0.6 is 23.2 Å². The molecule has 7 heteroatoms. The van der Waals surface area contributed by atoms with E-state index in [1.807, 2.05) is 0 Å². The number of aryl methyl sites for hydroxylation is 1. The van der Waals surface area contributed by atoms with E-state index in [1.165, 1.54) is 12.1 Å². The van der Waals surface area contributed by atoms with Crippen molar-refractivity contribution < 1.29 is 4.39 Å². The van der Waals surface area contributed by atoms with Gasteiger partial charge in [0.15, 0.2) is 5.82 Å². The number of anilines is 2. The standard InChI is InChI=1S/C12H11Cl2FN4/c1-6-10(16)11(19-12(14)18-6)17-5-7-2-3-9(15)8(13)4-7/h2-4H,5,16H2,1H3,(H,17,18,19). The van der Waals surface area contributed by atoms with Crippen LogP contribution in [0.1, 0.15) is 11.3 Å². The first-order chi connectivity index (χ1) is 8.97. The van der Waals surface area contributed by atoms with Crippen molar-refractivity contribution in [3.8, 4) is 0 Å². The molecular formula is C12H11Cl2FN4. The molecule has 0 unspecified atom stereocenters. The van der Waals surface area contributed by atoms with E-state index < -0.39 is 5.82 Å². The Balaban J connectivity index is 2.16. The number of aromatic nitrogens is 2. The van der Waals surface area contributed by atoms with Crippen LogP contribution in [0.3, 0.4) is 0 Å². The molecule has 4 nitrogen and oxygen atoms in total. The van der Waals surface area contributed by atoms with Gasteiger partial charge in [0.25, 0.3) is 0 Å². The van der Waals surface area contributed by atoms with Gasteiger partial charge in [0, 0.05) is 6.54 Å². The number of hydrogen-bond acceptors (Lipinski definition) is 4. The maximum Gasteiger partial charge on any atom is 0.224 e. The maximum atomic E-state index is 13.0. The highest BCUT2D eigenvalue weighted by Crippen LogP contribution is 2.22. The molecule has 0 aliphatic rings. The molecule has 2 aromatic rings. The Kier molecular flexibility index (Phi) is 4.07. The molecule has 0 aliphatic heterocycles. The summed E-state index contributed by atoms with van der Waals surface area (Å²) in [4.78, 5) is 7.93. The third-order valence-corrected chi connectivity index (χ3v) is 3.01. The molecule has 1 aromatic heterocycles. The molecule has 0 fully saturated rings. The van der Waals surface area contributed by atoms with Gasteiger partial charge in [0.05, 0.1) is 16.4 Å². The van der Waals surface area contributed by atoms with Gasteiger partial charge in [-0.05, 0) is 36.2 Å². The summed E-state index contributed by atoms with van der Waals surface area (Å²) >= 11 is 11.5. The molecule has 0 radical (unpaired) electrons. The lowest BCUT2D eigenvalue weighted by Crippen LogP contribution is -2.07. The number of nitrogen functional groups attached to an aromatic ring is 1. The van der Waals surface area contributed by atoms with E-state index in [0.717, 1.165) is 5.56 Å². The molecular weight excluding hydrogens is 290 g/mol. The highest BCUT2D eigenvalue weighted by molar-refractivity contribution is 6.30. The summed E-state index contributed by atoms with van der Waals surface area (Å²) in [6, 6.07) is 4.47. The average molecular weight is 301 g/mol. The molecule has 0 amide bonds. The van der Waals surface area contributed by atoms with Crippen molar-refractivity contribution in [2.75, 3.05) is 11.1 Å². The molecule has 1 aromatic carbocycles. The van der Waals surface area contributed by atoms with Crippen LogP contribution in [0, 0.1) is 12.7 Å². The highest BCUT2D eigenvalue weighted by atomic mass is 35.5.